The molecule has 0 bridgehead atoms. The number of fused-ring (bicyclic) bond motifs is 1. The second kappa shape index (κ2) is 5.75. The van der Waals surface area contributed by atoms with Crippen LogP contribution in [0.15, 0.2) is 30.9 Å². The lowest BCUT2D eigenvalue weighted by Crippen LogP contribution is -2.38. The molecule has 0 spiro atoms. The van der Waals surface area contributed by atoms with E-state index in [2.05, 4.69) is 49.7 Å². The van der Waals surface area contributed by atoms with Crippen LogP contribution in [0.3, 0.4) is 0 Å². The Hall–Kier alpha value is -2.25. The minimum absolute atomic E-state index is 0.0304. The molecular formula is C16H20N6O. The second-order valence-corrected chi connectivity index (χ2v) is 6.08. The highest BCUT2D eigenvalue weighted by Gasteiger charge is 2.26. The molecule has 4 heterocycles. The molecule has 1 unspecified atom stereocenters. The Labute approximate surface area is 134 Å². The Bertz CT molecular complexity index is 823. The molecule has 0 N–H and O–H groups in total. The maximum absolute atomic E-state index is 5.87. The van der Waals surface area contributed by atoms with Crippen molar-refractivity contribution < 1.29 is 4.74 Å². The largest absolute Gasteiger partial charge is 0.368 e. The number of ether oxygens (including phenoxy) is 1. The van der Waals surface area contributed by atoms with Crippen molar-refractivity contribution >= 4 is 5.65 Å². The predicted octanol–water partition coefficient (Wildman–Crippen LogP) is 1.34. The van der Waals surface area contributed by atoms with E-state index in [0.29, 0.717) is 6.61 Å². The first kappa shape index (κ1) is 14.3. The number of pyridine rings is 1. The van der Waals surface area contributed by atoms with E-state index in [1.165, 1.54) is 11.3 Å². The topological polar surface area (TPSA) is 60.5 Å². The fourth-order valence-corrected chi connectivity index (χ4v) is 3.07. The predicted molar refractivity (Wildman–Crippen MR) is 84.9 cm³/mol. The minimum atomic E-state index is -0.0304. The van der Waals surface area contributed by atoms with Crippen molar-refractivity contribution in [3.8, 4) is 0 Å². The van der Waals surface area contributed by atoms with E-state index in [1.807, 2.05) is 17.8 Å². The molecule has 3 aromatic rings. The SMILES string of the molecule is Cc1ccc2ncc(CN3CCOC(c4nncn4C)C3)n2c1. The zero-order chi connectivity index (χ0) is 15.8. The van der Waals surface area contributed by atoms with Crippen LogP contribution in [0, 0.1) is 6.92 Å². The maximum Gasteiger partial charge on any atom is 0.163 e. The van der Waals surface area contributed by atoms with Gasteiger partial charge < -0.3 is 13.7 Å². The Kier molecular flexibility index (Phi) is 3.59. The zero-order valence-electron chi connectivity index (χ0n) is 13.4. The van der Waals surface area contributed by atoms with Gasteiger partial charge in [0.05, 0.1) is 18.5 Å². The highest BCUT2D eigenvalue weighted by atomic mass is 16.5. The van der Waals surface area contributed by atoms with Crippen molar-refractivity contribution in [2.45, 2.75) is 19.6 Å². The molecule has 1 fully saturated rings. The van der Waals surface area contributed by atoms with Crippen molar-refractivity contribution in [3.05, 3.63) is 47.9 Å². The second-order valence-electron chi connectivity index (χ2n) is 6.08. The number of imidazole rings is 1. The number of hydrogen-bond acceptors (Lipinski definition) is 5. The first-order valence-corrected chi connectivity index (χ1v) is 7.81. The first-order valence-electron chi connectivity index (χ1n) is 7.81. The molecule has 0 radical (unpaired) electrons. The molecule has 1 atom stereocenters. The summed E-state index contributed by atoms with van der Waals surface area (Å²) in [5.41, 5.74) is 3.42. The highest BCUT2D eigenvalue weighted by molar-refractivity contribution is 5.41. The molecule has 4 rings (SSSR count). The average Bonchev–Trinajstić information content (AvgIpc) is 3.14. The quantitative estimate of drug-likeness (QED) is 0.730. The molecule has 7 heteroatoms. The van der Waals surface area contributed by atoms with Gasteiger partial charge in [0.1, 0.15) is 18.1 Å². The molecule has 1 saturated heterocycles. The molecule has 0 aromatic carbocycles. The number of nitrogens with zero attached hydrogens (tertiary/aromatic N) is 6. The molecular weight excluding hydrogens is 292 g/mol. The van der Waals surface area contributed by atoms with Crippen molar-refractivity contribution in [1.82, 2.24) is 29.0 Å². The Balaban J connectivity index is 1.54. The van der Waals surface area contributed by atoms with Gasteiger partial charge in [-0.3, -0.25) is 4.90 Å². The average molecular weight is 312 g/mol. The highest BCUT2D eigenvalue weighted by Crippen LogP contribution is 2.21. The van der Waals surface area contributed by atoms with Gasteiger partial charge in [-0.05, 0) is 18.6 Å². The summed E-state index contributed by atoms with van der Waals surface area (Å²) in [6.07, 6.45) is 5.78. The summed E-state index contributed by atoms with van der Waals surface area (Å²) in [6, 6.07) is 4.14. The third kappa shape index (κ3) is 2.73. The molecule has 1 aliphatic heterocycles. The third-order valence-electron chi connectivity index (χ3n) is 4.30. The van der Waals surface area contributed by atoms with E-state index in [0.717, 1.165) is 31.1 Å². The zero-order valence-corrected chi connectivity index (χ0v) is 13.4. The van der Waals surface area contributed by atoms with Gasteiger partial charge in [0.2, 0.25) is 0 Å². The van der Waals surface area contributed by atoms with Gasteiger partial charge >= 0.3 is 0 Å². The number of hydrogen-bond donors (Lipinski definition) is 0. The summed E-state index contributed by atoms with van der Waals surface area (Å²) in [5.74, 6) is 0.878. The maximum atomic E-state index is 5.87. The Morgan fingerprint density at radius 1 is 1.35 bits per heavy atom. The van der Waals surface area contributed by atoms with Crippen LogP contribution in [0.5, 0.6) is 0 Å². The van der Waals surface area contributed by atoms with Crippen LogP contribution >= 0.6 is 0 Å². The molecule has 120 valence electrons. The molecule has 23 heavy (non-hydrogen) atoms. The standard InChI is InChI=1S/C16H20N6O/c1-12-3-4-15-17-7-13(22(15)8-12)9-21-5-6-23-14(10-21)16-19-18-11-20(16)2/h3-4,7-8,11,14H,5-6,9-10H2,1-2H3. The molecule has 7 nitrogen and oxygen atoms in total. The van der Waals surface area contributed by atoms with E-state index in [-0.39, 0.29) is 6.10 Å². The van der Waals surface area contributed by atoms with Crippen molar-refractivity contribution in [2.75, 3.05) is 19.7 Å². The number of aryl methyl sites for hydroxylation is 2. The van der Waals surface area contributed by atoms with Crippen molar-refractivity contribution in [3.63, 3.8) is 0 Å². The van der Waals surface area contributed by atoms with Gasteiger partial charge in [0.15, 0.2) is 5.82 Å². The fourth-order valence-electron chi connectivity index (χ4n) is 3.07. The van der Waals surface area contributed by atoms with E-state index in [9.17, 15) is 0 Å². The van der Waals surface area contributed by atoms with E-state index in [4.69, 9.17) is 4.74 Å². The number of aromatic nitrogens is 5. The summed E-state index contributed by atoms with van der Waals surface area (Å²) in [7, 11) is 1.95. The number of rotatable bonds is 3. The molecule has 1 aliphatic rings. The van der Waals surface area contributed by atoms with Gasteiger partial charge in [-0.25, -0.2) is 4.98 Å². The van der Waals surface area contributed by atoms with Crippen LogP contribution < -0.4 is 0 Å². The minimum Gasteiger partial charge on any atom is -0.368 e. The van der Waals surface area contributed by atoms with E-state index in [1.54, 1.807) is 6.33 Å². The van der Waals surface area contributed by atoms with E-state index < -0.39 is 0 Å². The fraction of sp³-hybridized carbons (Fsp3) is 0.438. The van der Waals surface area contributed by atoms with Crippen molar-refractivity contribution in [1.29, 1.82) is 0 Å². The number of morpholine rings is 1. The first-order chi connectivity index (χ1) is 11.2. The lowest BCUT2D eigenvalue weighted by molar-refractivity contribution is -0.0389. The summed E-state index contributed by atoms with van der Waals surface area (Å²) in [6.45, 7) is 5.37. The molecule has 0 amide bonds. The van der Waals surface area contributed by atoms with Gasteiger partial charge in [0.25, 0.3) is 0 Å². The summed E-state index contributed by atoms with van der Waals surface area (Å²) >= 11 is 0. The Morgan fingerprint density at radius 2 is 2.26 bits per heavy atom. The lowest BCUT2D eigenvalue weighted by atomic mass is 10.2. The normalized spacial score (nSPS) is 19.5. The molecule has 0 aliphatic carbocycles. The summed E-state index contributed by atoms with van der Waals surface area (Å²) in [5, 5.41) is 8.12. The van der Waals surface area contributed by atoms with Crippen LogP contribution in [0.4, 0.5) is 0 Å². The van der Waals surface area contributed by atoms with Crippen LogP contribution in [0.25, 0.3) is 5.65 Å². The van der Waals surface area contributed by atoms with Crippen LogP contribution in [0.1, 0.15) is 23.2 Å². The van der Waals surface area contributed by atoms with Gasteiger partial charge in [-0.2, -0.15) is 0 Å². The monoisotopic (exact) mass is 312 g/mol. The van der Waals surface area contributed by atoms with Crippen molar-refractivity contribution in [2.24, 2.45) is 7.05 Å². The summed E-state index contributed by atoms with van der Waals surface area (Å²) in [4.78, 5) is 6.87. The van der Waals surface area contributed by atoms with Crippen LogP contribution in [0.2, 0.25) is 0 Å². The van der Waals surface area contributed by atoms with Crippen LogP contribution in [-0.2, 0) is 18.3 Å². The van der Waals surface area contributed by atoms with E-state index >= 15 is 0 Å². The van der Waals surface area contributed by atoms with Gasteiger partial charge in [-0.1, -0.05) is 6.07 Å². The molecule has 0 saturated carbocycles. The molecule has 3 aromatic heterocycles. The lowest BCUT2D eigenvalue weighted by Gasteiger charge is -2.32. The third-order valence-corrected chi connectivity index (χ3v) is 4.30. The van der Waals surface area contributed by atoms with Crippen LogP contribution in [-0.4, -0.2) is 48.7 Å². The van der Waals surface area contributed by atoms with Gasteiger partial charge in [-0.15, -0.1) is 10.2 Å². The summed E-state index contributed by atoms with van der Waals surface area (Å²) < 4.78 is 9.96. The Morgan fingerprint density at radius 3 is 3.09 bits per heavy atom. The van der Waals surface area contributed by atoms with Gasteiger partial charge in [0, 0.05) is 32.9 Å². The smallest absolute Gasteiger partial charge is 0.163 e.